The zero-order valence-electron chi connectivity index (χ0n) is 14.5. The van der Waals surface area contributed by atoms with Crippen molar-refractivity contribution in [3.05, 3.63) is 71.8 Å². The van der Waals surface area contributed by atoms with Gasteiger partial charge < -0.3 is 9.15 Å². The third-order valence-electron chi connectivity index (χ3n) is 3.68. The highest BCUT2D eigenvalue weighted by Crippen LogP contribution is 2.31. The number of rotatable bonds is 6. The maximum atomic E-state index is 11.9. The van der Waals surface area contributed by atoms with Crippen LogP contribution >= 0.6 is 0 Å². The van der Waals surface area contributed by atoms with Crippen molar-refractivity contribution in [1.82, 2.24) is 10.9 Å². The van der Waals surface area contributed by atoms with E-state index in [-0.39, 0.29) is 17.4 Å². The lowest BCUT2D eigenvalue weighted by Crippen LogP contribution is -2.36. The number of carbonyl (C=O) groups is 1. The van der Waals surface area contributed by atoms with Crippen LogP contribution in [-0.4, -0.2) is 19.4 Å². The Morgan fingerprint density at radius 3 is 2.59 bits per heavy atom. The molecule has 134 valence electrons. The van der Waals surface area contributed by atoms with Crippen molar-refractivity contribution >= 4 is 18.1 Å². The average molecular weight is 360 g/mol. The first-order valence-electron chi connectivity index (χ1n) is 8.03. The zero-order valence-corrected chi connectivity index (χ0v) is 14.5. The number of aliphatic imine (C=N–C) groups is 1. The van der Waals surface area contributed by atoms with Crippen LogP contribution in [0.2, 0.25) is 0 Å². The van der Waals surface area contributed by atoms with Crippen molar-refractivity contribution in [1.29, 1.82) is 5.26 Å². The third-order valence-corrected chi connectivity index (χ3v) is 3.68. The molecule has 0 aliphatic carbocycles. The molecule has 2 aromatic carbocycles. The van der Waals surface area contributed by atoms with Gasteiger partial charge in [-0.15, -0.1) is 0 Å². The first-order chi connectivity index (χ1) is 13.2. The van der Waals surface area contributed by atoms with Gasteiger partial charge in [-0.3, -0.25) is 15.6 Å². The van der Waals surface area contributed by atoms with Crippen molar-refractivity contribution in [2.75, 3.05) is 7.11 Å². The second kappa shape index (κ2) is 8.36. The number of hydrazine groups is 1. The molecule has 7 heteroatoms. The van der Waals surface area contributed by atoms with Crippen LogP contribution in [0.5, 0.6) is 5.75 Å². The van der Waals surface area contributed by atoms with E-state index in [1.807, 2.05) is 24.3 Å². The van der Waals surface area contributed by atoms with E-state index in [9.17, 15) is 10.1 Å². The smallest absolute Gasteiger partial charge is 0.269 e. The molecule has 0 fully saturated rings. The molecule has 0 radical (unpaired) electrons. The molecule has 0 aliphatic rings. The summed E-state index contributed by atoms with van der Waals surface area (Å²) in [5.74, 6) is 1.07. The fourth-order valence-electron chi connectivity index (χ4n) is 2.31. The molecule has 7 nitrogen and oxygen atoms in total. The molecule has 1 heterocycles. The molecule has 1 amide bonds. The fourth-order valence-corrected chi connectivity index (χ4v) is 2.31. The maximum Gasteiger partial charge on any atom is 0.269 e. The molecule has 3 rings (SSSR count). The van der Waals surface area contributed by atoms with Gasteiger partial charge in [0.2, 0.25) is 5.88 Å². The normalized spacial score (nSPS) is 10.4. The second-order valence-corrected chi connectivity index (χ2v) is 5.39. The number of amides is 1. The maximum absolute atomic E-state index is 11.9. The van der Waals surface area contributed by atoms with Crippen LogP contribution in [0.15, 0.2) is 70.1 Å². The van der Waals surface area contributed by atoms with E-state index in [1.165, 1.54) is 6.34 Å². The summed E-state index contributed by atoms with van der Waals surface area (Å²) in [5.41, 5.74) is 6.64. The Bertz CT molecular complexity index is 986. The van der Waals surface area contributed by atoms with E-state index in [0.717, 1.165) is 11.3 Å². The Morgan fingerprint density at radius 1 is 1.19 bits per heavy atom. The molecule has 2 N–H and O–H groups in total. The van der Waals surface area contributed by atoms with Gasteiger partial charge in [-0.2, -0.15) is 5.26 Å². The molecule has 0 unspecified atom stereocenters. The Hall–Kier alpha value is -4.05. The Morgan fingerprint density at radius 2 is 1.93 bits per heavy atom. The molecule has 0 saturated carbocycles. The zero-order chi connectivity index (χ0) is 19.1. The lowest BCUT2D eigenvalue weighted by molar-refractivity contribution is 0.0944. The van der Waals surface area contributed by atoms with Crippen LogP contribution in [0.3, 0.4) is 0 Å². The van der Waals surface area contributed by atoms with Crippen LogP contribution in [-0.2, 0) is 0 Å². The summed E-state index contributed by atoms with van der Waals surface area (Å²) in [6.07, 6.45) is 1.25. The quantitative estimate of drug-likeness (QED) is 0.399. The van der Waals surface area contributed by atoms with Crippen molar-refractivity contribution in [2.45, 2.75) is 0 Å². The predicted octanol–water partition coefficient (Wildman–Crippen LogP) is 3.42. The van der Waals surface area contributed by atoms with Gasteiger partial charge in [0.1, 0.15) is 29.5 Å². The molecule has 27 heavy (non-hydrogen) atoms. The van der Waals surface area contributed by atoms with E-state index < -0.39 is 0 Å². The minimum Gasteiger partial charge on any atom is -0.497 e. The van der Waals surface area contributed by atoms with Gasteiger partial charge in [-0.1, -0.05) is 18.2 Å². The molecule has 0 atom stereocenters. The first-order valence-corrected chi connectivity index (χ1v) is 8.03. The highest BCUT2D eigenvalue weighted by molar-refractivity contribution is 5.94. The van der Waals surface area contributed by atoms with Gasteiger partial charge >= 0.3 is 0 Å². The van der Waals surface area contributed by atoms with E-state index in [0.29, 0.717) is 11.3 Å². The predicted molar refractivity (Wildman–Crippen MR) is 101 cm³/mol. The summed E-state index contributed by atoms with van der Waals surface area (Å²) in [6, 6.07) is 19.6. The second-order valence-electron chi connectivity index (χ2n) is 5.39. The van der Waals surface area contributed by atoms with Crippen molar-refractivity contribution in [3.8, 4) is 23.1 Å². The minimum absolute atomic E-state index is 0.143. The number of nitrogens with zero attached hydrogens (tertiary/aromatic N) is 2. The Kier molecular flexibility index (Phi) is 5.50. The molecular weight excluding hydrogens is 344 g/mol. The fraction of sp³-hybridized carbons (Fsp3) is 0.0500. The molecule has 0 saturated heterocycles. The highest BCUT2D eigenvalue weighted by Gasteiger charge is 2.11. The lowest BCUT2D eigenvalue weighted by Gasteiger charge is -2.03. The van der Waals surface area contributed by atoms with E-state index >= 15 is 0 Å². The summed E-state index contributed by atoms with van der Waals surface area (Å²) in [7, 11) is 1.59. The minimum atomic E-state index is -0.305. The van der Waals surface area contributed by atoms with Crippen molar-refractivity contribution in [3.63, 3.8) is 0 Å². The monoisotopic (exact) mass is 360 g/mol. The number of hydrogen-bond donors (Lipinski definition) is 2. The number of hydrogen-bond acceptors (Lipinski definition) is 5. The van der Waals surface area contributed by atoms with E-state index in [4.69, 9.17) is 9.15 Å². The number of nitriles is 1. The largest absolute Gasteiger partial charge is 0.497 e. The topological polar surface area (TPSA) is 99.6 Å². The molecular formula is C20H16N4O3. The number of furan rings is 1. The average Bonchev–Trinajstić information content (AvgIpc) is 3.15. The van der Waals surface area contributed by atoms with Crippen LogP contribution < -0.4 is 15.6 Å². The van der Waals surface area contributed by atoms with Gasteiger partial charge in [0.25, 0.3) is 5.91 Å². The number of benzene rings is 2. The third kappa shape index (κ3) is 4.32. The molecule has 0 aliphatic heterocycles. The number of carbonyl (C=O) groups excluding carboxylic acids is 1. The standard InChI is InChI=1S/C20H16N4O3/c1-26-17-9-7-14(8-10-17)18-11-16(12-21)20(27-18)22-13-23-24-19(25)15-5-3-2-4-6-15/h2-11,13H,1H3,(H,22,23)(H,24,25). The van der Waals surface area contributed by atoms with Gasteiger partial charge in [0.05, 0.1) is 7.11 Å². The molecule has 3 aromatic rings. The summed E-state index contributed by atoms with van der Waals surface area (Å²) in [6.45, 7) is 0. The van der Waals surface area contributed by atoms with Gasteiger partial charge in [0, 0.05) is 17.2 Å². The summed E-state index contributed by atoms with van der Waals surface area (Å²) in [5, 5.41) is 9.26. The van der Waals surface area contributed by atoms with E-state index in [1.54, 1.807) is 49.6 Å². The summed E-state index contributed by atoms with van der Waals surface area (Å²) >= 11 is 0. The van der Waals surface area contributed by atoms with Crippen LogP contribution in [0.1, 0.15) is 15.9 Å². The highest BCUT2D eigenvalue weighted by atomic mass is 16.5. The summed E-state index contributed by atoms with van der Waals surface area (Å²) in [4.78, 5) is 16.0. The molecule has 0 bridgehead atoms. The van der Waals surface area contributed by atoms with Crippen LogP contribution in [0.4, 0.5) is 5.88 Å². The number of methoxy groups -OCH3 is 1. The van der Waals surface area contributed by atoms with Crippen molar-refractivity contribution < 1.29 is 13.9 Å². The summed E-state index contributed by atoms with van der Waals surface area (Å²) < 4.78 is 10.8. The molecule has 1 aromatic heterocycles. The van der Waals surface area contributed by atoms with Gasteiger partial charge in [-0.25, -0.2) is 4.99 Å². The van der Waals surface area contributed by atoms with Gasteiger partial charge in [-0.05, 0) is 36.4 Å². The SMILES string of the molecule is COc1ccc(-c2cc(C#N)c(/N=C\NNC(=O)c3ccccc3)o2)cc1. The van der Waals surface area contributed by atoms with Crippen LogP contribution in [0, 0.1) is 11.3 Å². The van der Waals surface area contributed by atoms with Crippen LogP contribution in [0.25, 0.3) is 11.3 Å². The van der Waals surface area contributed by atoms with Gasteiger partial charge in [0.15, 0.2) is 0 Å². The number of ether oxygens (including phenoxy) is 1. The lowest BCUT2D eigenvalue weighted by atomic mass is 10.1. The Labute approximate surface area is 155 Å². The number of nitrogens with one attached hydrogen (secondary N) is 2. The van der Waals surface area contributed by atoms with Crippen molar-refractivity contribution in [2.24, 2.45) is 4.99 Å². The first kappa shape index (κ1) is 17.8. The molecule has 0 spiro atoms. The Balaban J connectivity index is 1.67. The van der Waals surface area contributed by atoms with E-state index in [2.05, 4.69) is 15.8 Å².